The summed E-state index contributed by atoms with van der Waals surface area (Å²) in [7, 11) is 1.50. The van der Waals surface area contributed by atoms with Crippen LogP contribution in [-0.4, -0.2) is 67.2 Å². The van der Waals surface area contributed by atoms with E-state index in [0.29, 0.717) is 13.1 Å². The number of benzene rings is 2. The average Bonchev–Trinajstić information content (AvgIpc) is 3.51. The Morgan fingerprint density at radius 2 is 1.62 bits per heavy atom. The second-order valence-electron chi connectivity index (χ2n) is 8.64. The second-order valence-corrected chi connectivity index (χ2v) is 8.64. The van der Waals surface area contributed by atoms with Gasteiger partial charge in [-0.05, 0) is 35.1 Å². The molecule has 2 aliphatic rings. The van der Waals surface area contributed by atoms with Gasteiger partial charge in [0.25, 0.3) is 0 Å². The number of hydrogen-bond acceptors (Lipinski definition) is 5. The van der Waals surface area contributed by atoms with Crippen LogP contribution in [-0.2, 0) is 19.1 Å². The number of carbonyl (C=O) groups excluding carboxylic acids is 3. The van der Waals surface area contributed by atoms with Crippen LogP contribution in [0.15, 0.2) is 61.2 Å². The molecule has 4 rings (SSSR count). The van der Waals surface area contributed by atoms with Gasteiger partial charge in [-0.2, -0.15) is 0 Å². The number of likely N-dealkylation sites (tertiary alicyclic amines) is 1. The number of carbonyl (C=O) groups is 3. The average molecular weight is 463 g/mol. The van der Waals surface area contributed by atoms with Crippen LogP contribution in [0.25, 0.3) is 11.1 Å². The molecule has 0 N–H and O–H groups in total. The number of nitrogens with zero attached hydrogens (tertiary/aromatic N) is 2. The molecule has 34 heavy (non-hydrogen) atoms. The van der Waals surface area contributed by atoms with Gasteiger partial charge in [0.15, 0.2) is 0 Å². The molecule has 1 saturated heterocycles. The number of fused-ring (bicyclic) bond motifs is 3. The van der Waals surface area contributed by atoms with Crippen molar-refractivity contribution in [3.05, 3.63) is 72.3 Å². The third kappa shape index (κ3) is 4.83. The van der Waals surface area contributed by atoms with E-state index in [-0.39, 0.29) is 31.5 Å². The first-order valence-corrected chi connectivity index (χ1v) is 11.6. The van der Waals surface area contributed by atoms with Gasteiger partial charge in [0.1, 0.15) is 19.3 Å². The van der Waals surface area contributed by atoms with E-state index in [1.165, 1.54) is 18.0 Å². The molecule has 0 aromatic heterocycles. The Kier molecular flexibility index (Phi) is 7.30. The quantitative estimate of drug-likeness (QED) is 0.438. The number of esters is 1. The minimum absolute atomic E-state index is 0.0537. The van der Waals surface area contributed by atoms with Crippen LogP contribution in [0.2, 0.25) is 0 Å². The number of rotatable bonds is 8. The fraction of sp³-hybridized carbons (Fsp3) is 0.370. The van der Waals surface area contributed by atoms with E-state index in [1.54, 1.807) is 4.90 Å². The first kappa shape index (κ1) is 23.5. The van der Waals surface area contributed by atoms with Crippen LogP contribution in [0.1, 0.15) is 36.3 Å². The topological polar surface area (TPSA) is 76.2 Å². The van der Waals surface area contributed by atoms with Crippen molar-refractivity contribution in [2.45, 2.75) is 31.2 Å². The summed E-state index contributed by atoms with van der Waals surface area (Å²) >= 11 is 0. The summed E-state index contributed by atoms with van der Waals surface area (Å²) in [4.78, 5) is 41.4. The summed E-state index contributed by atoms with van der Waals surface area (Å²) in [6.45, 7) is 4.97. The molecule has 2 aromatic rings. The smallest absolute Gasteiger partial charge is 0.410 e. The van der Waals surface area contributed by atoms with Gasteiger partial charge in [-0.1, -0.05) is 61.2 Å². The molecule has 0 unspecified atom stereocenters. The zero-order chi connectivity index (χ0) is 24.1. The fourth-order valence-corrected chi connectivity index (χ4v) is 4.73. The van der Waals surface area contributed by atoms with E-state index in [9.17, 15) is 14.4 Å². The molecule has 1 aliphatic heterocycles. The third-order valence-electron chi connectivity index (χ3n) is 6.52. The number of hydrogen-bond donors (Lipinski definition) is 0. The summed E-state index contributed by atoms with van der Waals surface area (Å²) in [6.07, 6.45) is 2.41. The Morgan fingerprint density at radius 1 is 1.03 bits per heavy atom. The minimum Gasteiger partial charge on any atom is -0.461 e. The van der Waals surface area contributed by atoms with Crippen molar-refractivity contribution < 1.29 is 23.9 Å². The molecule has 0 bridgehead atoms. The van der Waals surface area contributed by atoms with Gasteiger partial charge in [-0.15, -0.1) is 0 Å². The maximum absolute atomic E-state index is 13.1. The number of amides is 2. The van der Waals surface area contributed by atoms with Gasteiger partial charge in [-0.3, -0.25) is 14.5 Å². The molecular weight excluding hydrogens is 432 g/mol. The highest BCUT2D eigenvalue weighted by Gasteiger charge is 2.36. The SMILES string of the molecule is C=CCOC(=O)C[C@@H](C(=O)N1CCCC1)N(C)C(=O)OCC1c2ccccc2-c2ccccc21. The van der Waals surface area contributed by atoms with Crippen molar-refractivity contribution in [3.63, 3.8) is 0 Å². The van der Waals surface area contributed by atoms with E-state index < -0.39 is 18.1 Å². The van der Waals surface area contributed by atoms with Crippen LogP contribution < -0.4 is 0 Å². The standard InChI is InChI=1S/C27H30N2O5/c1-3-16-33-25(30)17-24(26(31)29-14-8-9-15-29)28(2)27(32)34-18-23-21-12-6-4-10-19(21)20-11-5-7-13-22(20)23/h3-7,10-13,23-24H,1,8-9,14-18H2,2H3/t24-/m0/s1. The molecule has 1 aliphatic carbocycles. The van der Waals surface area contributed by atoms with Crippen LogP contribution >= 0.6 is 0 Å². The van der Waals surface area contributed by atoms with Crippen molar-refractivity contribution in [3.8, 4) is 11.1 Å². The lowest BCUT2D eigenvalue weighted by Gasteiger charge is -2.30. The van der Waals surface area contributed by atoms with E-state index in [0.717, 1.165) is 35.1 Å². The lowest BCUT2D eigenvalue weighted by Crippen LogP contribution is -2.50. The van der Waals surface area contributed by atoms with E-state index >= 15 is 0 Å². The first-order valence-electron chi connectivity index (χ1n) is 11.6. The molecule has 2 amide bonds. The molecule has 1 atom stereocenters. The first-order chi connectivity index (χ1) is 16.5. The summed E-state index contributed by atoms with van der Waals surface area (Å²) in [5, 5.41) is 0. The Balaban J connectivity index is 1.47. The lowest BCUT2D eigenvalue weighted by atomic mass is 9.98. The Hall–Kier alpha value is -3.61. The summed E-state index contributed by atoms with van der Waals surface area (Å²) in [5.74, 6) is -0.908. The van der Waals surface area contributed by atoms with Crippen molar-refractivity contribution in [2.75, 3.05) is 33.4 Å². The highest BCUT2D eigenvalue weighted by Crippen LogP contribution is 2.44. The van der Waals surface area contributed by atoms with Gasteiger partial charge < -0.3 is 14.4 Å². The summed E-state index contributed by atoms with van der Waals surface area (Å²) in [6, 6.07) is 15.2. The summed E-state index contributed by atoms with van der Waals surface area (Å²) in [5.41, 5.74) is 4.49. The lowest BCUT2D eigenvalue weighted by molar-refractivity contribution is -0.148. The molecule has 1 heterocycles. The Bertz CT molecular complexity index is 1030. The maximum Gasteiger partial charge on any atom is 0.410 e. The number of likely N-dealkylation sites (N-methyl/N-ethyl adjacent to an activating group) is 1. The Morgan fingerprint density at radius 3 is 2.21 bits per heavy atom. The zero-order valence-corrected chi connectivity index (χ0v) is 19.4. The van der Waals surface area contributed by atoms with Gasteiger partial charge in [-0.25, -0.2) is 4.79 Å². The third-order valence-corrected chi connectivity index (χ3v) is 6.52. The van der Waals surface area contributed by atoms with Crippen LogP contribution in [0.4, 0.5) is 4.79 Å². The highest BCUT2D eigenvalue weighted by molar-refractivity contribution is 5.90. The van der Waals surface area contributed by atoms with Gasteiger partial charge >= 0.3 is 12.1 Å². The van der Waals surface area contributed by atoms with Crippen molar-refractivity contribution in [2.24, 2.45) is 0 Å². The maximum atomic E-state index is 13.1. The largest absolute Gasteiger partial charge is 0.461 e. The molecule has 7 nitrogen and oxygen atoms in total. The molecule has 0 spiro atoms. The molecule has 0 saturated carbocycles. The predicted molar refractivity (Wildman–Crippen MR) is 128 cm³/mol. The van der Waals surface area contributed by atoms with Crippen molar-refractivity contribution >= 4 is 18.0 Å². The van der Waals surface area contributed by atoms with Crippen molar-refractivity contribution in [1.29, 1.82) is 0 Å². The van der Waals surface area contributed by atoms with Crippen LogP contribution in [0, 0.1) is 0 Å². The normalized spacial score (nSPS) is 15.3. The monoisotopic (exact) mass is 462 g/mol. The van der Waals surface area contributed by atoms with Gasteiger partial charge in [0.2, 0.25) is 5.91 Å². The Labute approximate surface area is 199 Å². The predicted octanol–water partition coefficient (Wildman–Crippen LogP) is 3.98. The molecule has 1 fully saturated rings. The highest BCUT2D eigenvalue weighted by atomic mass is 16.6. The number of ether oxygens (including phenoxy) is 2. The molecule has 0 radical (unpaired) electrons. The van der Waals surface area contributed by atoms with E-state index in [4.69, 9.17) is 9.47 Å². The van der Waals surface area contributed by atoms with E-state index in [2.05, 4.69) is 18.7 Å². The molecule has 2 aromatic carbocycles. The zero-order valence-electron chi connectivity index (χ0n) is 19.4. The minimum atomic E-state index is -0.980. The van der Waals surface area contributed by atoms with E-state index in [1.807, 2.05) is 36.4 Å². The molecule has 178 valence electrons. The van der Waals surface area contributed by atoms with Gasteiger partial charge in [0.05, 0.1) is 6.42 Å². The van der Waals surface area contributed by atoms with Crippen LogP contribution in [0.5, 0.6) is 0 Å². The molecule has 7 heteroatoms. The summed E-state index contributed by atoms with van der Waals surface area (Å²) < 4.78 is 10.8. The second kappa shape index (κ2) is 10.5. The van der Waals surface area contributed by atoms with Gasteiger partial charge in [0, 0.05) is 26.1 Å². The fourth-order valence-electron chi connectivity index (χ4n) is 4.73. The van der Waals surface area contributed by atoms with Crippen LogP contribution in [0.3, 0.4) is 0 Å². The molecular formula is C27H30N2O5. The van der Waals surface area contributed by atoms with Crippen molar-refractivity contribution in [1.82, 2.24) is 9.80 Å².